The minimum atomic E-state index is -0.500. The molecule has 244 valence electrons. The van der Waals surface area contributed by atoms with Gasteiger partial charge in [-0.15, -0.1) is 0 Å². The van der Waals surface area contributed by atoms with Crippen LogP contribution < -0.4 is 25.0 Å². The molecule has 5 aromatic carbocycles. The summed E-state index contributed by atoms with van der Waals surface area (Å²) in [5, 5.41) is 0. The molecular weight excluding hydrogens is 618 g/mol. The van der Waals surface area contributed by atoms with Crippen LogP contribution in [0.5, 0.6) is 17.2 Å². The lowest BCUT2D eigenvalue weighted by atomic mass is 9.72. The van der Waals surface area contributed by atoms with Gasteiger partial charge in [0, 0.05) is 12.0 Å². The lowest BCUT2D eigenvalue weighted by molar-refractivity contribution is 0.0909. The maximum Gasteiger partial charge on any atom is 0.266 e. The van der Waals surface area contributed by atoms with Crippen molar-refractivity contribution < 1.29 is 28.7 Å². The second-order valence-corrected chi connectivity index (χ2v) is 12.2. The van der Waals surface area contributed by atoms with Gasteiger partial charge in [-0.25, -0.2) is 9.80 Å². The summed E-state index contributed by atoms with van der Waals surface area (Å²) in [7, 11) is 1.64. The van der Waals surface area contributed by atoms with E-state index < -0.39 is 29.0 Å². The van der Waals surface area contributed by atoms with Crippen LogP contribution in [-0.4, -0.2) is 37.3 Å². The molecule has 0 saturated carbocycles. The summed E-state index contributed by atoms with van der Waals surface area (Å²) in [5.74, 6) is -0.0669. The van der Waals surface area contributed by atoms with Gasteiger partial charge in [-0.1, -0.05) is 42.8 Å². The predicted octanol–water partition coefficient (Wildman–Crippen LogP) is 7.05. The molecule has 4 amide bonds. The quantitative estimate of drug-likeness (QED) is 0.170. The summed E-state index contributed by atoms with van der Waals surface area (Å²) in [6.07, 6.45) is 0.790. The number of ether oxygens (including phenoxy) is 2. The van der Waals surface area contributed by atoms with Gasteiger partial charge in [0.2, 0.25) is 0 Å². The first-order valence-corrected chi connectivity index (χ1v) is 15.9. The number of rotatable bonds is 9. The van der Waals surface area contributed by atoms with Crippen LogP contribution >= 0.6 is 0 Å². The van der Waals surface area contributed by atoms with Gasteiger partial charge in [-0.2, -0.15) is 0 Å². The van der Waals surface area contributed by atoms with E-state index in [0.717, 1.165) is 38.7 Å². The van der Waals surface area contributed by atoms with E-state index in [2.05, 4.69) is 6.92 Å². The maximum atomic E-state index is 13.5. The van der Waals surface area contributed by atoms with Gasteiger partial charge in [0.25, 0.3) is 23.6 Å². The molecule has 7 rings (SSSR count). The van der Waals surface area contributed by atoms with Crippen LogP contribution in [0.1, 0.15) is 71.5 Å². The molecule has 9 heteroatoms. The number of fused-ring (bicyclic) bond motifs is 2. The van der Waals surface area contributed by atoms with Gasteiger partial charge >= 0.3 is 0 Å². The molecule has 5 aromatic rings. The number of benzene rings is 5. The first-order valence-electron chi connectivity index (χ1n) is 15.9. The Hall–Kier alpha value is -6.06. The van der Waals surface area contributed by atoms with Crippen molar-refractivity contribution in [3.05, 3.63) is 148 Å². The Balaban J connectivity index is 1.08. The summed E-state index contributed by atoms with van der Waals surface area (Å²) in [6, 6.07) is 31.8. The van der Waals surface area contributed by atoms with Crippen molar-refractivity contribution in [2.75, 3.05) is 23.5 Å². The van der Waals surface area contributed by atoms with Crippen molar-refractivity contribution in [3.63, 3.8) is 0 Å². The van der Waals surface area contributed by atoms with Crippen LogP contribution in [-0.2, 0) is 5.41 Å². The minimum Gasteiger partial charge on any atom is -0.497 e. The van der Waals surface area contributed by atoms with Gasteiger partial charge in [-0.3, -0.25) is 19.2 Å². The van der Waals surface area contributed by atoms with Gasteiger partial charge in [0.05, 0.1) is 40.7 Å². The van der Waals surface area contributed by atoms with Gasteiger partial charge in [0.1, 0.15) is 17.2 Å². The second kappa shape index (κ2) is 12.2. The predicted molar refractivity (Wildman–Crippen MR) is 186 cm³/mol. The SMILES string of the molecule is CCC(CN)(c1ccc(OC)cc1)c1ccc(Oc2ccc3c(c2)C(=O)N(c2ccc(N4C(=O)c5ccc(C)cc5C4=O)cc2)C3=O)cc1. The molecule has 0 fully saturated rings. The van der Waals surface area contributed by atoms with E-state index in [-0.39, 0.29) is 11.1 Å². The smallest absolute Gasteiger partial charge is 0.266 e. The van der Waals surface area contributed by atoms with Gasteiger partial charge in [-0.05, 0) is 103 Å². The Morgan fingerprint density at radius 2 is 1.02 bits per heavy atom. The second-order valence-electron chi connectivity index (χ2n) is 12.2. The number of aryl methyl sites for hydroxylation is 1. The van der Waals surface area contributed by atoms with Crippen molar-refractivity contribution in [1.82, 2.24) is 0 Å². The Morgan fingerprint density at radius 3 is 1.51 bits per heavy atom. The molecule has 0 spiro atoms. The minimum absolute atomic E-state index is 0.214. The average Bonchev–Trinajstić information content (AvgIpc) is 3.52. The Bertz CT molecular complexity index is 2140. The number of nitrogens with zero attached hydrogens (tertiary/aromatic N) is 2. The van der Waals surface area contributed by atoms with E-state index in [9.17, 15) is 19.2 Å². The summed E-state index contributed by atoms with van der Waals surface area (Å²) in [6.45, 7) is 4.38. The lowest BCUT2D eigenvalue weighted by Crippen LogP contribution is -2.35. The molecule has 0 saturated heterocycles. The van der Waals surface area contributed by atoms with Crippen molar-refractivity contribution in [1.29, 1.82) is 0 Å². The molecule has 1 atom stereocenters. The first-order chi connectivity index (χ1) is 23.7. The van der Waals surface area contributed by atoms with Crippen molar-refractivity contribution in [2.24, 2.45) is 5.73 Å². The lowest BCUT2D eigenvalue weighted by Gasteiger charge is -2.33. The highest BCUT2D eigenvalue weighted by Crippen LogP contribution is 2.38. The zero-order valence-corrected chi connectivity index (χ0v) is 27.2. The first kappa shape index (κ1) is 31.5. The largest absolute Gasteiger partial charge is 0.497 e. The van der Waals surface area contributed by atoms with Crippen LogP contribution in [0.4, 0.5) is 11.4 Å². The van der Waals surface area contributed by atoms with Crippen LogP contribution in [0, 0.1) is 6.92 Å². The van der Waals surface area contributed by atoms with E-state index in [1.54, 1.807) is 67.8 Å². The fourth-order valence-corrected chi connectivity index (χ4v) is 6.70. The van der Waals surface area contributed by atoms with Crippen molar-refractivity contribution in [2.45, 2.75) is 25.7 Å². The highest BCUT2D eigenvalue weighted by molar-refractivity contribution is 6.35. The molecule has 1 unspecified atom stereocenters. The topological polar surface area (TPSA) is 119 Å². The number of anilines is 2. The van der Waals surface area contributed by atoms with Crippen molar-refractivity contribution >= 4 is 35.0 Å². The number of carbonyl (C=O) groups is 4. The third-order valence-corrected chi connectivity index (χ3v) is 9.50. The molecule has 49 heavy (non-hydrogen) atoms. The van der Waals surface area contributed by atoms with Crippen molar-refractivity contribution in [3.8, 4) is 17.2 Å². The number of nitrogens with two attached hydrogens (primary N) is 1. The number of hydrogen-bond donors (Lipinski definition) is 1. The van der Waals surface area contributed by atoms with E-state index >= 15 is 0 Å². The Morgan fingerprint density at radius 1 is 0.571 bits per heavy atom. The number of methoxy groups -OCH3 is 1. The number of imide groups is 2. The molecule has 2 heterocycles. The molecule has 2 aliphatic rings. The normalized spacial score (nSPS) is 14.9. The van der Waals surface area contributed by atoms with E-state index in [1.807, 2.05) is 55.5 Å². The highest BCUT2D eigenvalue weighted by Gasteiger charge is 2.39. The standard InChI is InChI=1S/C40H33N3O6/c1-4-40(23-41,25-6-14-29(48-3)15-7-25)26-8-16-30(17-9-26)49-31-18-20-33-35(22-31)39(47)43(37(33)45)28-12-10-27(11-13-28)42-36(44)32-19-5-24(2)21-34(32)38(42)46/h5-22H,4,23,41H2,1-3H3. The maximum absolute atomic E-state index is 13.5. The number of hydrogen-bond acceptors (Lipinski definition) is 7. The van der Waals surface area contributed by atoms with Gasteiger partial charge < -0.3 is 15.2 Å². The van der Waals surface area contributed by atoms with Crippen LogP contribution in [0.2, 0.25) is 0 Å². The highest BCUT2D eigenvalue weighted by atomic mass is 16.5. The fourth-order valence-electron chi connectivity index (χ4n) is 6.70. The molecule has 0 bridgehead atoms. The summed E-state index contributed by atoms with van der Waals surface area (Å²) >= 11 is 0. The Labute approximate surface area is 283 Å². The third kappa shape index (κ3) is 5.15. The van der Waals surface area contributed by atoms with Crippen LogP contribution in [0.15, 0.2) is 109 Å². The molecule has 9 nitrogen and oxygen atoms in total. The molecule has 2 N–H and O–H groups in total. The number of carbonyl (C=O) groups excluding carboxylic acids is 4. The number of amides is 4. The van der Waals surface area contributed by atoms with E-state index in [0.29, 0.717) is 40.5 Å². The third-order valence-electron chi connectivity index (χ3n) is 9.50. The molecule has 2 aliphatic heterocycles. The van der Waals surface area contributed by atoms with E-state index in [4.69, 9.17) is 15.2 Å². The van der Waals surface area contributed by atoms with Crippen LogP contribution in [0.25, 0.3) is 0 Å². The van der Waals surface area contributed by atoms with Crippen LogP contribution in [0.3, 0.4) is 0 Å². The average molecular weight is 652 g/mol. The molecular formula is C40H33N3O6. The fraction of sp³-hybridized carbons (Fsp3) is 0.150. The summed E-state index contributed by atoms with van der Waals surface area (Å²) in [5.41, 5.74) is 10.8. The zero-order chi connectivity index (χ0) is 34.4. The summed E-state index contributed by atoms with van der Waals surface area (Å²) < 4.78 is 11.5. The summed E-state index contributed by atoms with van der Waals surface area (Å²) in [4.78, 5) is 55.2. The zero-order valence-electron chi connectivity index (χ0n) is 27.2. The monoisotopic (exact) mass is 651 g/mol. The Kier molecular flexibility index (Phi) is 7.84. The molecule has 0 radical (unpaired) electrons. The van der Waals surface area contributed by atoms with Gasteiger partial charge in [0.15, 0.2) is 0 Å². The molecule has 0 aliphatic carbocycles. The molecule has 0 aromatic heterocycles. The van der Waals surface area contributed by atoms with E-state index in [1.165, 1.54) is 0 Å².